The monoisotopic (exact) mass is 579 g/mol. The molecule has 1 aliphatic carbocycles. The summed E-state index contributed by atoms with van der Waals surface area (Å²) in [5.74, 6) is -0.574. The number of carbonyl (C=O) groups is 1. The molecule has 9 nitrogen and oxygen atoms in total. The van der Waals surface area contributed by atoms with Gasteiger partial charge in [-0.25, -0.2) is 15.0 Å². The number of alkyl halides is 3. The smallest absolute Gasteiger partial charge is 0.395 e. The van der Waals surface area contributed by atoms with Crippen molar-refractivity contribution in [1.82, 2.24) is 20.3 Å². The summed E-state index contributed by atoms with van der Waals surface area (Å²) in [6.45, 7) is 2.69. The van der Waals surface area contributed by atoms with E-state index in [1.165, 1.54) is 11.3 Å². The molecule has 1 fully saturated rings. The molecule has 1 amide bonds. The fourth-order valence-corrected chi connectivity index (χ4v) is 5.74. The number of hydrogen-bond acceptors (Lipinski definition) is 9. The summed E-state index contributed by atoms with van der Waals surface area (Å²) in [6.07, 6.45) is 0.166. The molecule has 0 aliphatic heterocycles. The summed E-state index contributed by atoms with van der Waals surface area (Å²) in [7, 11) is 0. The topological polar surface area (TPSA) is 140 Å². The van der Waals surface area contributed by atoms with Crippen LogP contribution in [0, 0.1) is 12.3 Å². The van der Waals surface area contributed by atoms with Crippen molar-refractivity contribution in [3.63, 3.8) is 0 Å². The molecule has 0 saturated heterocycles. The molecule has 0 radical (unpaired) electrons. The Kier molecular flexibility index (Phi) is 8.78. The van der Waals surface area contributed by atoms with E-state index in [2.05, 4.69) is 25.6 Å². The van der Waals surface area contributed by atoms with Crippen molar-refractivity contribution in [3.8, 4) is 10.4 Å². The number of nitrogens with one attached hydrogen (secondary N) is 2. The first kappa shape index (κ1) is 29.8. The fourth-order valence-electron chi connectivity index (χ4n) is 4.70. The van der Waals surface area contributed by atoms with Gasteiger partial charge in [0.05, 0.1) is 23.5 Å². The number of thiazole rings is 1. The van der Waals surface area contributed by atoms with Crippen molar-refractivity contribution in [2.24, 2.45) is 5.41 Å². The number of aliphatic hydroxyl groups excluding tert-OH is 2. The second kappa shape index (κ2) is 11.8. The van der Waals surface area contributed by atoms with E-state index in [9.17, 15) is 33.3 Å². The zero-order chi connectivity index (χ0) is 29.1. The Morgan fingerprint density at radius 3 is 2.48 bits per heavy atom. The first-order valence-corrected chi connectivity index (χ1v) is 13.7. The number of hydrogen-bond donors (Lipinski definition) is 5. The summed E-state index contributed by atoms with van der Waals surface area (Å²) in [5.41, 5.74) is -1.31. The second-order valence-electron chi connectivity index (χ2n) is 10.2. The number of halogens is 3. The van der Waals surface area contributed by atoms with Crippen LogP contribution in [0.15, 0.2) is 36.7 Å². The van der Waals surface area contributed by atoms with Crippen LogP contribution >= 0.6 is 11.3 Å². The Labute approximate surface area is 233 Å². The highest BCUT2D eigenvalue weighted by molar-refractivity contribution is 7.15. The number of aryl methyl sites for hydroxylation is 1. The highest BCUT2D eigenvalue weighted by Gasteiger charge is 2.41. The lowest BCUT2D eigenvalue weighted by Crippen LogP contribution is -2.51. The van der Waals surface area contributed by atoms with E-state index in [0.717, 1.165) is 28.3 Å². The van der Waals surface area contributed by atoms with E-state index < -0.39 is 42.0 Å². The van der Waals surface area contributed by atoms with Crippen LogP contribution in [0.1, 0.15) is 55.3 Å². The number of aromatic nitrogens is 3. The first-order chi connectivity index (χ1) is 18.9. The fraction of sp³-hybridized carbons (Fsp3) is 0.481. The molecule has 5 N–H and O–H groups in total. The molecule has 0 bridgehead atoms. The van der Waals surface area contributed by atoms with Crippen molar-refractivity contribution in [2.75, 3.05) is 18.5 Å². The van der Waals surface area contributed by atoms with Gasteiger partial charge in [-0.1, -0.05) is 13.0 Å². The van der Waals surface area contributed by atoms with Gasteiger partial charge < -0.3 is 26.0 Å². The Morgan fingerprint density at radius 2 is 1.85 bits per heavy atom. The summed E-state index contributed by atoms with van der Waals surface area (Å²) >= 11 is 1.33. The van der Waals surface area contributed by atoms with Gasteiger partial charge in [0.15, 0.2) is 0 Å². The summed E-state index contributed by atoms with van der Waals surface area (Å²) in [4.78, 5) is 25.4. The van der Waals surface area contributed by atoms with Crippen LogP contribution in [0.25, 0.3) is 10.4 Å². The maximum absolute atomic E-state index is 13.0. The van der Waals surface area contributed by atoms with E-state index in [4.69, 9.17) is 0 Å². The van der Waals surface area contributed by atoms with Gasteiger partial charge in [0, 0.05) is 24.1 Å². The molecule has 1 saturated carbocycles. The highest BCUT2D eigenvalue weighted by atomic mass is 32.1. The van der Waals surface area contributed by atoms with E-state index >= 15 is 0 Å². The highest BCUT2D eigenvalue weighted by Crippen LogP contribution is 2.41. The zero-order valence-electron chi connectivity index (χ0n) is 22.1. The van der Waals surface area contributed by atoms with Gasteiger partial charge in [0.25, 0.3) is 0 Å². The second-order valence-corrected chi connectivity index (χ2v) is 11.3. The van der Waals surface area contributed by atoms with E-state index in [-0.39, 0.29) is 12.0 Å². The molecule has 0 atom stereocenters. The molecule has 4 rings (SSSR count). The van der Waals surface area contributed by atoms with Gasteiger partial charge in [0.2, 0.25) is 11.9 Å². The summed E-state index contributed by atoms with van der Waals surface area (Å²) in [6, 6.07) is 6.04. The van der Waals surface area contributed by atoms with Gasteiger partial charge in [0.1, 0.15) is 16.3 Å². The third-order valence-corrected chi connectivity index (χ3v) is 8.62. The zero-order valence-corrected chi connectivity index (χ0v) is 22.9. The molecule has 1 aliphatic rings. The van der Waals surface area contributed by atoms with Crippen LogP contribution in [-0.4, -0.2) is 55.4 Å². The van der Waals surface area contributed by atoms with Gasteiger partial charge >= 0.3 is 6.18 Å². The van der Waals surface area contributed by atoms with Gasteiger partial charge in [-0.15, -0.1) is 11.3 Å². The van der Waals surface area contributed by atoms with Crippen molar-refractivity contribution in [2.45, 2.75) is 63.8 Å². The minimum absolute atomic E-state index is 0.177. The molecule has 1 aromatic carbocycles. The minimum atomic E-state index is -4.58. The normalized spacial score (nSPS) is 19.9. The molecule has 0 unspecified atom stereocenters. The van der Waals surface area contributed by atoms with Crippen LogP contribution in [0.5, 0.6) is 0 Å². The lowest BCUT2D eigenvalue weighted by molar-refractivity contribution is -0.141. The molecule has 2 aromatic heterocycles. The maximum Gasteiger partial charge on any atom is 0.433 e. The largest absolute Gasteiger partial charge is 0.433 e. The number of carbonyl (C=O) groups excluding carboxylic acids is 1. The molecule has 40 heavy (non-hydrogen) atoms. The van der Waals surface area contributed by atoms with E-state index in [0.29, 0.717) is 42.8 Å². The van der Waals surface area contributed by atoms with Gasteiger partial charge in [-0.2, -0.15) is 13.2 Å². The number of benzene rings is 1. The van der Waals surface area contributed by atoms with E-state index in [1.807, 2.05) is 13.0 Å². The molecule has 13 heteroatoms. The van der Waals surface area contributed by atoms with Crippen molar-refractivity contribution in [3.05, 3.63) is 52.9 Å². The first-order valence-electron chi connectivity index (χ1n) is 12.9. The minimum Gasteiger partial charge on any atom is -0.395 e. The van der Waals surface area contributed by atoms with Crippen LogP contribution < -0.4 is 10.6 Å². The number of nitrogens with zero attached hydrogens (tertiary/aromatic N) is 3. The lowest BCUT2D eigenvalue weighted by atomic mass is 9.81. The number of aliphatic hydroxyl groups is 3. The Morgan fingerprint density at radius 1 is 1.15 bits per heavy atom. The summed E-state index contributed by atoms with van der Waals surface area (Å²) < 4.78 is 39.1. The standard InChI is InChI=1S/C27H32F3N5O4S/c1-3-25(14-36,15-37)22(38)33-18-4-7-26(39,8-5-18)23-32-13-20(40-23)17-10-16(2)11-19(12-17)34-24-31-9-6-21(35-24)27(28,29)30/h6,9-13,18,36-37,39H,3-5,7-8,14-15H2,1-2H3,(H,33,38)(H,31,34,35). The quantitative estimate of drug-likeness (QED) is 0.253. The predicted octanol–water partition coefficient (Wildman–Crippen LogP) is 4.30. The third kappa shape index (κ3) is 6.43. The van der Waals surface area contributed by atoms with E-state index in [1.54, 1.807) is 25.3 Å². The molecule has 2 heterocycles. The number of rotatable bonds is 9. The van der Waals surface area contributed by atoms with Crippen LogP contribution in [0.2, 0.25) is 0 Å². The Balaban J connectivity index is 1.45. The van der Waals surface area contributed by atoms with Crippen molar-refractivity contribution in [1.29, 1.82) is 0 Å². The number of amides is 1. The van der Waals surface area contributed by atoms with Crippen LogP contribution in [0.3, 0.4) is 0 Å². The molecule has 216 valence electrons. The van der Waals surface area contributed by atoms with Crippen LogP contribution in [-0.2, 0) is 16.6 Å². The SMILES string of the molecule is CCC(CO)(CO)C(=O)NC1CCC(O)(c2ncc(-c3cc(C)cc(Nc4nccc(C(F)(F)F)n4)c3)s2)CC1. The molecule has 0 spiro atoms. The van der Waals surface area contributed by atoms with Gasteiger partial charge in [-0.05, 0) is 68.4 Å². The Hall–Kier alpha value is -3.13. The average molecular weight is 580 g/mol. The van der Waals surface area contributed by atoms with Crippen molar-refractivity contribution >= 4 is 28.9 Å². The van der Waals surface area contributed by atoms with Crippen LogP contribution in [0.4, 0.5) is 24.8 Å². The van der Waals surface area contributed by atoms with Crippen molar-refractivity contribution < 1.29 is 33.3 Å². The molecule has 3 aromatic rings. The average Bonchev–Trinajstić information content (AvgIpc) is 3.42. The number of anilines is 2. The Bertz CT molecular complexity index is 1330. The third-order valence-electron chi connectivity index (χ3n) is 7.38. The molecular weight excluding hydrogens is 547 g/mol. The maximum atomic E-state index is 13.0. The molecular formula is C27H32F3N5O4S. The van der Waals surface area contributed by atoms with Gasteiger partial charge in [-0.3, -0.25) is 4.79 Å². The summed E-state index contributed by atoms with van der Waals surface area (Å²) in [5, 5.41) is 36.9. The lowest BCUT2D eigenvalue weighted by Gasteiger charge is -2.36. The predicted molar refractivity (Wildman–Crippen MR) is 144 cm³/mol.